The normalized spacial score (nSPS) is 18.5. The van der Waals surface area contributed by atoms with E-state index in [1.807, 2.05) is 30.9 Å². The van der Waals surface area contributed by atoms with E-state index in [9.17, 15) is 4.79 Å². The quantitative estimate of drug-likeness (QED) is 0.866. The monoisotopic (exact) mass is 318 g/mol. The molecule has 7 heteroatoms. The molecule has 0 unspecified atom stereocenters. The Morgan fingerprint density at radius 1 is 1.55 bits per heavy atom. The van der Waals surface area contributed by atoms with Crippen LogP contribution in [-0.4, -0.2) is 45.1 Å². The van der Waals surface area contributed by atoms with Gasteiger partial charge in [0.25, 0.3) is 5.91 Å². The molecule has 2 aromatic rings. The summed E-state index contributed by atoms with van der Waals surface area (Å²) >= 11 is 1.17. The van der Waals surface area contributed by atoms with Crippen LogP contribution in [0.2, 0.25) is 0 Å². The van der Waals surface area contributed by atoms with Crippen molar-refractivity contribution in [2.45, 2.75) is 26.4 Å². The number of carbonyl (C=O) groups is 1. The third-order valence-corrected chi connectivity index (χ3v) is 4.49. The van der Waals surface area contributed by atoms with Crippen molar-refractivity contribution in [3.05, 3.63) is 40.2 Å². The third kappa shape index (κ3) is 3.00. The lowest BCUT2D eigenvalue weighted by Crippen LogP contribution is -2.42. The number of amides is 1. The Hall–Kier alpha value is -1.86. The van der Waals surface area contributed by atoms with Gasteiger partial charge >= 0.3 is 0 Å². The summed E-state index contributed by atoms with van der Waals surface area (Å²) in [5.41, 5.74) is 2.78. The molecule has 0 bridgehead atoms. The second-order valence-electron chi connectivity index (χ2n) is 5.24. The maximum Gasteiger partial charge on any atom is 0.267 e. The largest absolute Gasteiger partial charge is 0.370 e. The van der Waals surface area contributed by atoms with Crippen LogP contribution in [-0.2, 0) is 11.2 Å². The molecule has 1 saturated heterocycles. The van der Waals surface area contributed by atoms with Gasteiger partial charge in [-0.25, -0.2) is 0 Å². The molecule has 0 saturated carbocycles. The SMILES string of the molecule is CCc1nnsc1C(=O)N1CCO[C@H](c2ccnc(C)c2)C1. The molecular formula is C15H18N4O2S. The lowest BCUT2D eigenvalue weighted by Gasteiger charge is -2.33. The van der Waals surface area contributed by atoms with Gasteiger partial charge in [-0.1, -0.05) is 11.4 Å². The standard InChI is InChI=1S/C15H18N4O2S/c1-3-12-14(22-18-17-12)15(20)19-6-7-21-13(9-19)11-4-5-16-10(2)8-11/h4-5,8,13H,3,6-7,9H2,1-2H3/t13-/m0/s1. The summed E-state index contributed by atoms with van der Waals surface area (Å²) in [6, 6.07) is 3.95. The first kappa shape index (κ1) is 15.1. The van der Waals surface area contributed by atoms with Crippen molar-refractivity contribution < 1.29 is 9.53 Å². The van der Waals surface area contributed by atoms with E-state index in [0.717, 1.165) is 23.4 Å². The summed E-state index contributed by atoms with van der Waals surface area (Å²) in [7, 11) is 0. The Morgan fingerprint density at radius 2 is 2.41 bits per heavy atom. The van der Waals surface area contributed by atoms with Crippen molar-refractivity contribution in [3.8, 4) is 0 Å². The minimum atomic E-state index is -0.106. The van der Waals surface area contributed by atoms with Gasteiger partial charge in [0, 0.05) is 18.4 Å². The fourth-order valence-corrected chi connectivity index (χ4v) is 3.27. The van der Waals surface area contributed by atoms with Crippen LogP contribution in [0.4, 0.5) is 0 Å². The molecule has 6 nitrogen and oxygen atoms in total. The average molecular weight is 318 g/mol. The predicted octanol–water partition coefficient (Wildman–Crippen LogP) is 2.02. The molecule has 0 radical (unpaired) electrons. The molecule has 116 valence electrons. The Labute approximate surface area is 133 Å². The highest BCUT2D eigenvalue weighted by molar-refractivity contribution is 7.08. The maximum atomic E-state index is 12.7. The number of ether oxygens (including phenoxy) is 1. The van der Waals surface area contributed by atoms with Crippen molar-refractivity contribution in [1.29, 1.82) is 0 Å². The highest BCUT2D eigenvalue weighted by atomic mass is 32.1. The molecule has 0 spiro atoms. The number of nitrogens with zero attached hydrogens (tertiary/aromatic N) is 4. The Morgan fingerprint density at radius 3 is 3.18 bits per heavy atom. The Bertz CT molecular complexity index is 673. The lowest BCUT2D eigenvalue weighted by atomic mass is 10.1. The van der Waals surface area contributed by atoms with Crippen LogP contribution in [0.15, 0.2) is 18.3 Å². The van der Waals surface area contributed by atoms with E-state index in [1.54, 1.807) is 6.20 Å². The van der Waals surface area contributed by atoms with Crippen molar-refractivity contribution in [2.75, 3.05) is 19.7 Å². The van der Waals surface area contributed by atoms with E-state index < -0.39 is 0 Å². The summed E-state index contributed by atoms with van der Waals surface area (Å²) in [4.78, 5) is 19.4. The molecule has 1 aliphatic heterocycles. The van der Waals surface area contributed by atoms with E-state index in [-0.39, 0.29) is 12.0 Å². The van der Waals surface area contributed by atoms with Crippen LogP contribution in [0.5, 0.6) is 0 Å². The van der Waals surface area contributed by atoms with Gasteiger partial charge < -0.3 is 9.64 Å². The molecule has 3 heterocycles. The second kappa shape index (κ2) is 6.50. The van der Waals surface area contributed by atoms with Gasteiger partial charge in [-0.05, 0) is 42.6 Å². The van der Waals surface area contributed by atoms with Crippen LogP contribution in [0.3, 0.4) is 0 Å². The minimum Gasteiger partial charge on any atom is -0.370 e. The highest BCUT2D eigenvalue weighted by Gasteiger charge is 2.28. The van der Waals surface area contributed by atoms with Crippen LogP contribution in [0.1, 0.15) is 39.7 Å². The van der Waals surface area contributed by atoms with Crippen LogP contribution in [0, 0.1) is 6.92 Å². The maximum absolute atomic E-state index is 12.7. The molecular weight excluding hydrogens is 300 g/mol. The molecule has 1 aliphatic rings. The third-order valence-electron chi connectivity index (χ3n) is 3.73. The van der Waals surface area contributed by atoms with E-state index in [1.165, 1.54) is 11.5 Å². The number of rotatable bonds is 3. The molecule has 1 atom stereocenters. The first-order valence-corrected chi connectivity index (χ1v) is 8.11. The van der Waals surface area contributed by atoms with Gasteiger partial charge in [0.2, 0.25) is 0 Å². The highest BCUT2D eigenvalue weighted by Crippen LogP contribution is 2.24. The smallest absolute Gasteiger partial charge is 0.267 e. The van der Waals surface area contributed by atoms with Gasteiger partial charge in [-0.2, -0.15) is 0 Å². The van der Waals surface area contributed by atoms with Crippen molar-refractivity contribution in [2.24, 2.45) is 0 Å². The first-order chi connectivity index (χ1) is 10.7. The zero-order chi connectivity index (χ0) is 15.5. The summed E-state index contributed by atoms with van der Waals surface area (Å²) in [6.45, 7) is 5.61. The number of hydrogen-bond acceptors (Lipinski definition) is 6. The van der Waals surface area contributed by atoms with Crippen molar-refractivity contribution in [1.82, 2.24) is 19.5 Å². The number of pyridine rings is 1. The van der Waals surface area contributed by atoms with Crippen LogP contribution in [0.25, 0.3) is 0 Å². The van der Waals surface area contributed by atoms with Gasteiger partial charge in [-0.3, -0.25) is 9.78 Å². The number of aryl methyl sites for hydroxylation is 2. The van der Waals surface area contributed by atoms with Gasteiger partial charge in [-0.15, -0.1) is 5.10 Å². The van der Waals surface area contributed by atoms with Crippen molar-refractivity contribution in [3.63, 3.8) is 0 Å². The predicted molar refractivity (Wildman–Crippen MR) is 82.9 cm³/mol. The summed E-state index contributed by atoms with van der Waals surface area (Å²) < 4.78 is 9.73. The number of hydrogen-bond donors (Lipinski definition) is 0. The Balaban J connectivity index is 1.77. The number of aromatic nitrogens is 3. The molecule has 1 fully saturated rings. The van der Waals surface area contributed by atoms with Gasteiger partial charge in [0.05, 0.1) is 18.8 Å². The van der Waals surface area contributed by atoms with E-state index >= 15 is 0 Å². The summed E-state index contributed by atoms with van der Waals surface area (Å²) in [5.74, 6) is 0.00549. The van der Waals surface area contributed by atoms with E-state index in [4.69, 9.17) is 4.74 Å². The fourth-order valence-electron chi connectivity index (χ4n) is 2.55. The molecule has 22 heavy (non-hydrogen) atoms. The van der Waals surface area contributed by atoms with Crippen LogP contribution < -0.4 is 0 Å². The summed E-state index contributed by atoms with van der Waals surface area (Å²) in [6.07, 6.45) is 2.39. The fraction of sp³-hybridized carbons (Fsp3) is 0.467. The average Bonchev–Trinajstić information content (AvgIpc) is 3.03. The molecule has 0 aromatic carbocycles. The molecule has 2 aromatic heterocycles. The number of morpholine rings is 1. The van der Waals surface area contributed by atoms with E-state index in [2.05, 4.69) is 14.6 Å². The lowest BCUT2D eigenvalue weighted by molar-refractivity contribution is -0.0227. The first-order valence-electron chi connectivity index (χ1n) is 7.33. The van der Waals surface area contributed by atoms with Crippen LogP contribution >= 0.6 is 11.5 Å². The molecule has 3 rings (SSSR count). The van der Waals surface area contributed by atoms with E-state index in [0.29, 0.717) is 24.6 Å². The molecule has 1 amide bonds. The van der Waals surface area contributed by atoms with Gasteiger partial charge in [0.1, 0.15) is 11.0 Å². The molecule has 0 aliphatic carbocycles. The topological polar surface area (TPSA) is 68.2 Å². The number of carbonyl (C=O) groups excluding carboxylic acids is 1. The van der Waals surface area contributed by atoms with Crippen molar-refractivity contribution >= 4 is 17.4 Å². The second-order valence-corrected chi connectivity index (χ2v) is 6.00. The molecule has 0 N–H and O–H groups in total. The minimum absolute atomic E-state index is 0.00549. The van der Waals surface area contributed by atoms with Gasteiger partial charge in [0.15, 0.2) is 0 Å². The summed E-state index contributed by atoms with van der Waals surface area (Å²) in [5, 5.41) is 4.02. The Kier molecular flexibility index (Phi) is 4.44. The zero-order valence-corrected chi connectivity index (χ0v) is 13.5. The zero-order valence-electron chi connectivity index (χ0n) is 12.7.